The second-order valence-corrected chi connectivity index (χ2v) is 7.15. The summed E-state index contributed by atoms with van der Waals surface area (Å²) in [6, 6.07) is 7.24. The van der Waals surface area contributed by atoms with Crippen LogP contribution in [-0.4, -0.2) is 72.0 Å². The lowest BCUT2D eigenvalue weighted by Gasteiger charge is -2.30. The van der Waals surface area contributed by atoms with Crippen LogP contribution in [0.2, 0.25) is 0 Å². The van der Waals surface area contributed by atoms with Gasteiger partial charge in [-0.25, -0.2) is 9.97 Å². The molecule has 0 unspecified atom stereocenters. The van der Waals surface area contributed by atoms with Crippen LogP contribution in [0.4, 0.5) is 11.6 Å². The van der Waals surface area contributed by atoms with Gasteiger partial charge in [0, 0.05) is 51.0 Å². The van der Waals surface area contributed by atoms with Crippen molar-refractivity contribution in [2.75, 3.05) is 62.3 Å². The number of nitrogens with one attached hydrogen (secondary N) is 1. The van der Waals surface area contributed by atoms with E-state index in [0.717, 1.165) is 67.8 Å². The summed E-state index contributed by atoms with van der Waals surface area (Å²) in [5, 5.41) is 13.3. The Balaban J connectivity index is 1.66. The summed E-state index contributed by atoms with van der Waals surface area (Å²) in [7, 11) is 0. The SMILES string of the molecule is Oc1cccc(-c2cn3c(N4CCNCC4)cnc3c(N3CCOCC3)n2)c1. The highest BCUT2D eigenvalue weighted by atomic mass is 16.5. The molecule has 2 aliphatic rings. The standard InChI is InChI=1S/C20H24N6O2/c27-16-3-1-2-15(12-16)17-14-26-18(24-6-4-21-5-7-24)13-22-19(26)20(23-17)25-8-10-28-11-9-25/h1-3,12-14,21,27H,4-11H2. The molecule has 0 radical (unpaired) electrons. The number of aromatic hydroxyl groups is 1. The van der Waals surface area contributed by atoms with Gasteiger partial charge in [0.25, 0.3) is 0 Å². The molecule has 1 aromatic carbocycles. The molecule has 0 atom stereocenters. The number of nitrogens with zero attached hydrogens (tertiary/aromatic N) is 5. The van der Waals surface area contributed by atoms with E-state index < -0.39 is 0 Å². The van der Waals surface area contributed by atoms with E-state index in [-0.39, 0.29) is 5.75 Å². The van der Waals surface area contributed by atoms with Gasteiger partial charge in [-0.3, -0.25) is 4.40 Å². The van der Waals surface area contributed by atoms with E-state index >= 15 is 0 Å². The lowest BCUT2D eigenvalue weighted by Crippen LogP contribution is -2.44. The number of piperazine rings is 1. The number of rotatable bonds is 3. The van der Waals surface area contributed by atoms with E-state index in [9.17, 15) is 5.11 Å². The first-order valence-electron chi connectivity index (χ1n) is 9.75. The first-order chi connectivity index (χ1) is 13.8. The quantitative estimate of drug-likeness (QED) is 0.710. The zero-order valence-electron chi connectivity index (χ0n) is 15.7. The number of ether oxygens (including phenoxy) is 1. The predicted molar refractivity (Wildman–Crippen MR) is 108 cm³/mol. The van der Waals surface area contributed by atoms with Gasteiger partial charge < -0.3 is 25.0 Å². The Bertz CT molecular complexity index is 976. The number of hydrogen-bond acceptors (Lipinski definition) is 7. The summed E-state index contributed by atoms with van der Waals surface area (Å²) in [6.45, 7) is 6.80. The average molecular weight is 380 g/mol. The third-order valence-electron chi connectivity index (χ3n) is 5.35. The monoisotopic (exact) mass is 380 g/mol. The van der Waals surface area contributed by atoms with Gasteiger partial charge >= 0.3 is 0 Å². The number of imidazole rings is 1. The molecule has 2 N–H and O–H groups in total. The molecule has 2 fully saturated rings. The maximum Gasteiger partial charge on any atom is 0.181 e. The fourth-order valence-corrected chi connectivity index (χ4v) is 3.88. The molecule has 3 aromatic rings. The molecule has 2 saturated heterocycles. The summed E-state index contributed by atoms with van der Waals surface area (Å²) in [6.07, 6.45) is 3.97. The van der Waals surface area contributed by atoms with Crippen LogP contribution in [0.5, 0.6) is 5.75 Å². The van der Waals surface area contributed by atoms with Crippen LogP contribution in [0, 0.1) is 0 Å². The number of morpholine rings is 1. The first kappa shape index (κ1) is 17.3. The predicted octanol–water partition coefficient (Wildman–Crippen LogP) is 1.35. The van der Waals surface area contributed by atoms with Crippen molar-refractivity contribution in [1.29, 1.82) is 0 Å². The van der Waals surface area contributed by atoms with Crippen molar-refractivity contribution in [2.24, 2.45) is 0 Å². The summed E-state index contributed by atoms with van der Waals surface area (Å²) in [5.74, 6) is 2.18. The largest absolute Gasteiger partial charge is 0.508 e. The van der Waals surface area contributed by atoms with Crippen molar-refractivity contribution in [3.63, 3.8) is 0 Å². The number of fused-ring (bicyclic) bond motifs is 1. The van der Waals surface area contributed by atoms with Crippen molar-refractivity contribution in [3.05, 3.63) is 36.7 Å². The molecule has 8 heteroatoms. The fraction of sp³-hybridized carbons (Fsp3) is 0.400. The minimum atomic E-state index is 0.236. The maximum absolute atomic E-state index is 9.94. The smallest absolute Gasteiger partial charge is 0.181 e. The lowest BCUT2D eigenvalue weighted by atomic mass is 10.1. The van der Waals surface area contributed by atoms with Crippen molar-refractivity contribution in [2.45, 2.75) is 0 Å². The van der Waals surface area contributed by atoms with Gasteiger partial charge in [-0.05, 0) is 12.1 Å². The van der Waals surface area contributed by atoms with Gasteiger partial charge in [0.05, 0.1) is 25.1 Å². The molecule has 0 bridgehead atoms. The average Bonchev–Trinajstić information content (AvgIpc) is 3.18. The van der Waals surface area contributed by atoms with E-state index in [0.29, 0.717) is 13.2 Å². The molecule has 2 aromatic heterocycles. The highest BCUT2D eigenvalue weighted by Gasteiger charge is 2.22. The van der Waals surface area contributed by atoms with Crippen molar-refractivity contribution in [3.8, 4) is 17.0 Å². The molecule has 28 heavy (non-hydrogen) atoms. The highest BCUT2D eigenvalue weighted by Crippen LogP contribution is 2.30. The number of phenols is 1. The van der Waals surface area contributed by atoms with E-state index in [4.69, 9.17) is 14.7 Å². The number of benzene rings is 1. The van der Waals surface area contributed by atoms with Crippen LogP contribution >= 0.6 is 0 Å². The summed E-state index contributed by atoms with van der Waals surface area (Å²) < 4.78 is 7.66. The Labute approximate surface area is 163 Å². The zero-order chi connectivity index (χ0) is 18.9. The van der Waals surface area contributed by atoms with Gasteiger partial charge in [0.1, 0.15) is 11.6 Å². The van der Waals surface area contributed by atoms with Gasteiger partial charge in [-0.2, -0.15) is 0 Å². The van der Waals surface area contributed by atoms with Crippen molar-refractivity contribution < 1.29 is 9.84 Å². The van der Waals surface area contributed by atoms with Gasteiger partial charge in [-0.15, -0.1) is 0 Å². The Morgan fingerprint density at radius 2 is 1.86 bits per heavy atom. The second kappa shape index (κ2) is 7.29. The lowest BCUT2D eigenvalue weighted by molar-refractivity contribution is 0.122. The Kier molecular flexibility index (Phi) is 4.50. The fourth-order valence-electron chi connectivity index (χ4n) is 3.88. The Morgan fingerprint density at radius 1 is 1.04 bits per heavy atom. The van der Waals surface area contributed by atoms with E-state index in [1.807, 2.05) is 24.5 Å². The number of aromatic nitrogens is 3. The van der Waals surface area contributed by atoms with Crippen LogP contribution in [0.15, 0.2) is 36.7 Å². The van der Waals surface area contributed by atoms with Crippen LogP contribution < -0.4 is 15.1 Å². The van der Waals surface area contributed by atoms with Gasteiger partial charge in [0.2, 0.25) is 0 Å². The molecule has 2 aliphatic heterocycles. The minimum Gasteiger partial charge on any atom is -0.508 e. The van der Waals surface area contributed by atoms with Gasteiger partial charge in [0.15, 0.2) is 11.5 Å². The van der Waals surface area contributed by atoms with E-state index in [2.05, 4.69) is 19.5 Å². The van der Waals surface area contributed by atoms with E-state index in [1.54, 1.807) is 12.1 Å². The number of phenolic OH excluding ortho intramolecular Hbond substituents is 1. The molecule has 8 nitrogen and oxygen atoms in total. The number of anilines is 2. The molecule has 146 valence electrons. The molecule has 0 spiro atoms. The molecule has 0 amide bonds. The Morgan fingerprint density at radius 3 is 2.64 bits per heavy atom. The molecule has 0 aliphatic carbocycles. The van der Waals surface area contributed by atoms with E-state index in [1.165, 1.54) is 0 Å². The molecular weight excluding hydrogens is 356 g/mol. The summed E-state index contributed by atoms with van der Waals surface area (Å²) in [4.78, 5) is 14.3. The van der Waals surface area contributed by atoms with Crippen LogP contribution in [0.25, 0.3) is 16.9 Å². The molecule has 4 heterocycles. The highest BCUT2D eigenvalue weighted by molar-refractivity contribution is 5.73. The zero-order valence-corrected chi connectivity index (χ0v) is 15.7. The second-order valence-electron chi connectivity index (χ2n) is 7.15. The van der Waals surface area contributed by atoms with Crippen molar-refractivity contribution >= 4 is 17.3 Å². The van der Waals surface area contributed by atoms with Crippen LogP contribution in [-0.2, 0) is 4.74 Å². The van der Waals surface area contributed by atoms with Crippen LogP contribution in [0.1, 0.15) is 0 Å². The van der Waals surface area contributed by atoms with Gasteiger partial charge in [-0.1, -0.05) is 12.1 Å². The topological polar surface area (TPSA) is 78.2 Å². The molecule has 0 saturated carbocycles. The van der Waals surface area contributed by atoms with Crippen molar-refractivity contribution in [1.82, 2.24) is 19.7 Å². The minimum absolute atomic E-state index is 0.236. The summed E-state index contributed by atoms with van der Waals surface area (Å²) >= 11 is 0. The molecular formula is C20H24N6O2. The first-order valence-corrected chi connectivity index (χ1v) is 9.75. The third-order valence-corrected chi connectivity index (χ3v) is 5.35. The maximum atomic E-state index is 9.94. The summed E-state index contributed by atoms with van der Waals surface area (Å²) in [5.41, 5.74) is 2.56. The molecule has 5 rings (SSSR count). The van der Waals surface area contributed by atoms with Crippen LogP contribution in [0.3, 0.4) is 0 Å². The Hall–Kier alpha value is -2.84. The number of hydrogen-bond donors (Lipinski definition) is 2. The normalized spacial score (nSPS) is 18.0. The third kappa shape index (κ3) is 3.14.